The topological polar surface area (TPSA) is 12.0 Å². The van der Waals surface area contributed by atoms with Crippen LogP contribution in [0.3, 0.4) is 0 Å². The number of likely N-dealkylation sites (N-methyl/N-ethyl adjacent to an activating group) is 1. The van der Waals surface area contributed by atoms with Crippen LogP contribution < -0.4 is 5.32 Å². The quantitative estimate of drug-likeness (QED) is 0.615. The van der Waals surface area contributed by atoms with Gasteiger partial charge < -0.3 is 5.32 Å². The lowest BCUT2D eigenvalue weighted by Gasteiger charge is -2.34. The van der Waals surface area contributed by atoms with E-state index in [4.69, 9.17) is 11.6 Å². The molecule has 0 fully saturated rings. The normalized spacial score (nSPS) is 13.4. The summed E-state index contributed by atoms with van der Waals surface area (Å²) in [4.78, 5) is 0. The van der Waals surface area contributed by atoms with E-state index in [2.05, 4.69) is 25.7 Å². The van der Waals surface area contributed by atoms with Crippen molar-refractivity contribution in [3.05, 3.63) is 35.4 Å². The van der Waals surface area contributed by atoms with E-state index in [0.29, 0.717) is 0 Å². The molecule has 0 aliphatic carbocycles. The second-order valence-electron chi connectivity index (χ2n) is 4.36. The molecule has 0 saturated heterocycles. The zero-order chi connectivity index (χ0) is 13.3. The molecule has 17 heavy (non-hydrogen) atoms. The highest BCUT2D eigenvalue weighted by Crippen LogP contribution is 2.28. The minimum absolute atomic E-state index is 0.0188. The van der Waals surface area contributed by atoms with Crippen molar-refractivity contribution >= 4 is 11.6 Å². The molecule has 1 N–H and O–H groups in total. The Balaban J connectivity index is 4.91. The van der Waals surface area contributed by atoms with Crippen LogP contribution in [0.25, 0.3) is 0 Å². The lowest BCUT2D eigenvalue weighted by atomic mass is 9.82. The van der Waals surface area contributed by atoms with Crippen LogP contribution in [0.4, 0.5) is 0 Å². The van der Waals surface area contributed by atoms with Crippen LogP contribution in [0.5, 0.6) is 0 Å². The summed E-state index contributed by atoms with van der Waals surface area (Å²) in [7, 11) is 2.02. The molecule has 0 atom stereocenters. The molecule has 0 aromatic rings. The number of hydrogen-bond acceptors (Lipinski definition) is 1. The van der Waals surface area contributed by atoms with Crippen LogP contribution in [-0.4, -0.2) is 12.6 Å². The lowest BCUT2D eigenvalue weighted by molar-refractivity contribution is 0.356. The lowest BCUT2D eigenvalue weighted by Crippen LogP contribution is -2.43. The van der Waals surface area contributed by atoms with E-state index < -0.39 is 0 Å². The summed E-state index contributed by atoms with van der Waals surface area (Å²) in [5, 5.41) is 4.20. The molecule has 0 radical (unpaired) electrons. The van der Waals surface area contributed by atoms with E-state index >= 15 is 0 Å². The van der Waals surface area contributed by atoms with Gasteiger partial charge in [0.2, 0.25) is 0 Å². The summed E-state index contributed by atoms with van der Waals surface area (Å²) >= 11 is 5.97. The van der Waals surface area contributed by atoms with Gasteiger partial charge in [0.25, 0.3) is 0 Å². The zero-order valence-corrected chi connectivity index (χ0v) is 12.4. The highest BCUT2D eigenvalue weighted by Gasteiger charge is 2.27. The molecule has 98 valence electrons. The largest absolute Gasteiger partial charge is 0.310 e. The molecule has 0 saturated carbocycles. The Bertz CT molecular complexity index is 283. The third-order valence-corrected chi connectivity index (χ3v) is 3.51. The molecule has 0 rings (SSSR count). The molecular formula is C15H26ClN. The van der Waals surface area contributed by atoms with Crippen LogP contribution in [0, 0.1) is 0 Å². The van der Waals surface area contributed by atoms with Crippen LogP contribution in [-0.2, 0) is 0 Å². The third-order valence-electron chi connectivity index (χ3n) is 3.17. The van der Waals surface area contributed by atoms with Crippen molar-refractivity contribution in [2.75, 3.05) is 7.05 Å². The molecule has 0 spiro atoms. The molecule has 0 aromatic heterocycles. The number of rotatable bonds is 8. The molecule has 2 heteroatoms. The van der Waals surface area contributed by atoms with Gasteiger partial charge in [0.1, 0.15) is 0 Å². The van der Waals surface area contributed by atoms with E-state index in [1.54, 1.807) is 0 Å². The molecule has 0 aliphatic heterocycles. The molecule has 0 heterocycles. The van der Waals surface area contributed by atoms with Gasteiger partial charge in [0.05, 0.1) is 0 Å². The van der Waals surface area contributed by atoms with Gasteiger partial charge in [0, 0.05) is 10.6 Å². The molecular weight excluding hydrogens is 230 g/mol. The average molecular weight is 256 g/mol. The Morgan fingerprint density at radius 2 is 1.76 bits per heavy atom. The summed E-state index contributed by atoms with van der Waals surface area (Å²) in [6.45, 7) is 10.5. The van der Waals surface area contributed by atoms with Crippen molar-refractivity contribution in [2.45, 2.75) is 52.0 Å². The van der Waals surface area contributed by atoms with Crippen molar-refractivity contribution in [3.63, 3.8) is 0 Å². The van der Waals surface area contributed by atoms with Crippen LogP contribution in [0.15, 0.2) is 35.4 Å². The summed E-state index contributed by atoms with van der Waals surface area (Å²) in [6.07, 6.45) is 10.3. The van der Waals surface area contributed by atoms with Crippen LogP contribution >= 0.6 is 11.6 Å². The van der Waals surface area contributed by atoms with Gasteiger partial charge in [-0.15, -0.1) is 0 Å². The predicted molar refractivity (Wildman–Crippen MR) is 79.5 cm³/mol. The van der Waals surface area contributed by atoms with Gasteiger partial charge in [-0.3, -0.25) is 0 Å². The number of hydrogen-bond donors (Lipinski definition) is 1. The van der Waals surface area contributed by atoms with Crippen molar-refractivity contribution < 1.29 is 0 Å². The second kappa shape index (κ2) is 8.54. The first kappa shape index (κ1) is 16.5. The maximum Gasteiger partial charge on any atom is 0.0426 e. The smallest absolute Gasteiger partial charge is 0.0426 e. The Kier molecular flexibility index (Phi) is 8.28. The molecule has 0 amide bonds. The van der Waals surface area contributed by atoms with E-state index in [-0.39, 0.29) is 5.54 Å². The van der Waals surface area contributed by atoms with E-state index in [0.717, 1.165) is 36.3 Å². The average Bonchev–Trinajstić information content (AvgIpc) is 2.34. The van der Waals surface area contributed by atoms with Crippen molar-refractivity contribution in [1.82, 2.24) is 5.32 Å². The van der Waals surface area contributed by atoms with Gasteiger partial charge in [0.15, 0.2) is 0 Å². The van der Waals surface area contributed by atoms with Gasteiger partial charge >= 0.3 is 0 Å². The van der Waals surface area contributed by atoms with Gasteiger partial charge in [-0.1, -0.05) is 57.0 Å². The van der Waals surface area contributed by atoms with Gasteiger partial charge in [-0.25, -0.2) is 0 Å². The Labute approximate surface area is 112 Å². The monoisotopic (exact) mass is 255 g/mol. The minimum Gasteiger partial charge on any atom is -0.310 e. The molecule has 0 aliphatic rings. The summed E-state index contributed by atoms with van der Waals surface area (Å²) in [5.74, 6) is 0. The first-order chi connectivity index (χ1) is 8.06. The first-order valence-corrected chi connectivity index (χ1v) is 6.82. The third kappa shape index (κ3) is 5.10. The molecule has 0 unspecified atom stereocenters. The molecule has 0 bridgehead atoms. The molecule has 0 aromatic carbocycles. The summed E-state index contributed by atoms with van der Waals surface area (Å²) in [6, 6.07) is 0. The van der Waals surface area contributed by atoms with Crippen LogP contribution in [0.1, 0.15) is 46.5 Å². The highest BCUT2D eigenvalue weighted by molar-refractivity contribution is 6.31. The number of allylic oxidation sites excluding steroid dienone is 3. The summed E-state index contributed by atoms with van der Waals surface area (Å²) in [5.41, 5.74) is 1.13. The standard InChI is InChI=1S/C15H26ClN/c1-6-11-15(17-5,12-7-2)13(4)9-10-14(16)8-3/h8-10,17H,4,6-7,11-12H2,1-3,5H3/b10-9-,14-8+. The predicted octanol–water partition coefficient (Wildman–Crippen LogP) is 4.80. The fourth-order valence-electron chi connectivity index (χ4n) is 2.15. The van der Waals surface area contributed by atoms with Crippen molar-refractivity contribution in [2.24, 2.45) is 0 Å². The SMILES string of the molecule is C=C(/C=C\C(Cl)=C/C)C(CCC)(CCC)NC. The van der Waals surface area contributed by atoms with Crippen molar-refractivity contribution in [1.29, 1.82) is 0 Å². The Morgan fingerprint density at radius 3 is 2.12 bits per heavy atom. The second-order valence-corrected chi connectivity index (χ2v) is 4.80. The minimum atomic E-state index is 0.0188. The molecule has 1 nitrogen and oxygen atoms in total. The Hall–Kier alpha value is -0.530. The Morgan fingerprint density at radius 1 is 1.24 bits per heavy atom. The maximum atomic E-state index is 5.97. The fraction of sp³-hybridized carbons (Fsp3) is 0.600. The van der Waals surface area contributed by atoms with E-state index in [1.807, 2.05) is 32.2 Å². The summed E-state index contributed by atoms with van der Waals surface area (Å²) < 4.78 is 0. The van der Waals surface area contributed by atoms with E-state index in [9.17, 15) is 0 Å². The van der Waals surface area contributed by atoms with Gasteiger partial charge in [-0.2, -0.15) is 0 Å². The first-order valence-electron chi connectivity index (χ1n) is 6.44. The van der Waals surface area contributed by atoms with E-state index in [1.165, 1.54) is 0 Å². The fourth-order valence-corrected chi connectivity index (χ4v) is 2.21. The number of halogens is 1. The highest BCUT2D eigenvalue weighted by atomic mass is 35.5. The van der Waals surface area contributed by atoms with Gasteiger partial charge in [-0.05, 0) is 38.5 Å². The number of nitrogens with one attached hydrogen (secondary N) is 1. The van der Waals surface area contributed by atoms with Crippen molar-refractivity contribution in [3.8, 4) is 0 Å². The maximum absolute atomic E-state index is 5.97. The zero-order valence-electron chi connectivity index (χ0n) is 11.6. The van der Waals surface area contributed by atoms with Crippen LogP contribution in [0.2, 0.25) is 0 Å².